The van der Waals surface area contributed by atoms with Crippen LogP contribution in [0.15, 0.2) is 11.6 Å². The maximum Gasteiger partial charge on any atom is 0.333 e. The summed E-state index contributed by atoms with van der Waals surface area (Å²) >= 11 is 0. The van der Waals surface area contributed by atoms with Crippen LogP contribution in [0.25, 0.3) is 0 Å². The van der Waals surface area contributed by atoms with E-state index in [0.29, 0.717) is 18.8 Å². The van der Waals surface area contributed by atoms with E-state index in [1.807, 2.05) is 6.92 Å². The van der Waals surface area contributed by atoms with Gasteiger partial charge in [-0.2, -0.15) is 0 Å². The molecule has 0 aliphatic carbocycles. The molecule has 0 saturated heterocycles. The zero-order chi connectivity index (χ0) is 13.6. The third kappa shape index (κ3) is 10.3. The normalized spacial score (nSPS) is 11.6. The molecule has 0 N–H and O–H groups in total. The van der Waals surface area contributed by atoms with Crippen molar-refractivity contribution in [3.63, 3.8) is 0 Å². The lowest BCUT2D eigenvalue weighted by molar-refractivity contribution is -0.140. The highest BCUT2D eigenvalue weighted by Crippen LogP contribution is 2.04. The number of rotatable bonds is 11. The highest BCUT2D eigenvalue weighted by atomic mass is 16.6. The predicted molar refractivity (Wildman–Crippen MR) is 74.6 cm³/mol. The summed E-state index contributed by atoms with van der Waals surface area (Å²) < 4.78 is 10.4. The molecule has 0 aliphatic rings. The standard InChI is InChI=1S/C15H28O3/c1-4-6-7-8-9-10-11-17-12-13-18-15(16)14(3)5-2/h5H,4,6-13H2,1-3H3. The highest BCUT2D eigenvalue weighted by molar-refractivity contribution is 5.87. The first kappa shape index (κ1) is 17.2. The van der Waals surface area contributed by atoms with E-state index < -0.39 is 0 Å². The van der Waals surface area contributed by atoms with Gasteiger partial charge in [-0.05, 0) is 20.3 Å². The van der Waals surface area contributed by atoms with E-state index in [0.717, 1.165) is 13.0 Å². The van der Waals surface area contributed by atoms with Gasteiger partial charge in [-0.3, -0.25) is 0 Å². The molecule has 0 amide bonds. The SMILES string of the molecule is CC=C(C)C(=O)OCCOCCCCCCCC. The molecule has 0 spiro atoms. The molecule has 0 bridgehead atoms. The van der Waals surface area contributed by atoms with Crippen LogP contribution in [0.4, 0.5) is 0 Å². The van der Waals surface area contributed by atoms with Crippen LogP contribution in [0.1, 0.15) is 59.3 Å². The van der Waals surface area contributed by atoms with Crippen molar-refractivity contribution in [3.8, 4) is 0 Å². The van der Waals surface area contributed by atoms with Crippen LogP contribution in [-0.2, 0) is 14.3 Å². The molecule has 0 fully saturated rings. The Kier molecular flexibility index (Phi) is 12.0. The van der Waals surface area contributed by atoms with Crippen LogP contribution < -0.4 is 0 Å². The third-order valence-corrected chi connectivity index (χ3v) is 2.86. The summed E-state index contributed by atoms with van der Waals surface area (Å²) in [5, 5.41) is 0. The van der Waals surface area contributed by atoms with Crippen molar-refractivity contribution in [2.75, 3.05) is 19.8 Å². The van der Waals surface area contributed by atoms with Crippen molar-refractivity contribution in [3.05, 3.63) is 11.6 Å². The Morgan fingerprint density at radius 2 is 1.67 bits per heavy atom. The summed E-state index contributed by atoms with van der Waals surface area (Å²) in [5.41, 5.74) is 0.644. The average Bonchev–Trinajstić information content (AvgIpc) is 2.39. The minimum absolute atomic E-state index is 0.249. The van der Waals surface area contributed by atoms with Crippen molar-refractivity contribution in [2.24, 2.45) is 0 Å². The number of carbonyl (C=O) groups excluding carboxylic acids is 1. The van der Waals surface area contributed by atoms with E-state index in [9.17, 15) is 4.79 Å². The largest absolute Gasteiger partial charge is 0.460 e. The molecule has 3 nitrogen and oxygen atoms in total. The summed E-state index contributed by atoms with van der Waals surface area (Å²) in [6.07, 6.45) is 9.33. The quantitative estimate of drug-likeness (QED) is 0.320. The summed E-state index contributed by atoms with van der Waals surface area (Å²) in [6.45, 7) is 7.41. The lowest BCUT2D eigenvalue weighted by Crippen LogP contribution is -2.11. The molecule has 106 valence electrons. The Hall–Kier alpha value is -0.830. The second-order valence-corrected chi connectivity index (χ2v) is 4.49. The second kappa shape index (κ2) is 12.6. The lowest BCUT2D eigenvalue weighted by Gasteiger charge is -2.06. The Balaban J connectivity index is 3.19. The molecular formula is C15H28O3. The number of allylic oxidation sites excluding steroid dienone is 1. The van der Waals surface area contributed by atoms with E-state index in [4.69, 9.17) is 9.47 Å². The Bertz CT molecular complexity index is 234. The lowest BCUT2D eigenvalue weighted by atomic mass is 10.1. The minimum atomic E-state index is -0.249. The van der Waals surface area contributed by atoms with Gasteiger partial charge >= 0.3 is 5.97 Å². The van der Waals surface area contributed by atoms with Gasteiger partial charge in [0.1, 0.15) is 6.61 Å². The Labute approximate surface area is 112 Å². The van der Waals surface area contributed by atoms with Gasteiger partial charge in [0.2, 0.25) is 0 Å². The molecule has 0 radical (unpaired) electrons. The van der Waals surface area contributed by atoms with Gasteiger partial charge in [0, 0.05) is 12.2 Å². The fourth-order valence-corrected chi connectivity index (χ4v) is 1.51. The molecule has 0 heterocycles. The van der Waals surface area contributed by atoms with E-state index >= 15 is 0 Å². The topological polar surface area (TPSA) is 35.5 Å². The Morgan fingerprint density at radius 1 is 1.00 bits per heavy atom. The number of hydrogen-bond donors (Lipinski definition) is 0. The first-order valence-corrected chi connectivity index (χ1v) is 7.10. The predicted octanol–water partition coefficient (Wildman–Crippen LogP) is 3.87. The molecule has 0 rings (SSSR count). The zero-order valence-electron chi connectivity index (χ0n) is 12.2. The van der Waals surface area contributed by atoms with Gasteiger partial charge < -0.3 is 9.47 Å². The molecular weight excluding hydrogens is 228 g/mol. The van der Waals surface area contributed by atoms with Crippen molar-refractivity contribution >= 4 is 5.97 Å². The second-order valence-electron chi connectivity index (χ2n) is 4.49. The number of esters is 1. The minimum Gasteiger partial charge on any atom is -0.460 e. The third-order valence-electron chi connectivity index (χ3n) is 2.86. The van der Waals surface area contributed by atoms with Crippen molar-refractivity contribution in [1.29, 1.82) is 0 Å². The summed E-state index contributed by atoms with van der Waals surface area (Å²) in [7, 11) is 0. The average molecular weight is 256 g/mol. The van der Waals surface area contributed by atoms with Gasteiger partial charge in [0.05, 0.1) is 6.61 Å². The first-order valence-electron chi connectivity index (χ1n) is 7.10. The highest BCUT2D eigenvalue weighted by Gasteiger charge is 2.03. The number of unbranched alkanes of at least 4 members (excludes halogenated alkanes) is 5. The van der Waals surface area contributed by atoms with Gasteiger partial charge in [-0.15, -0.1) is 0 Å². The summed E-state index contributed by atoms with van der Waals surface area (Å²) in [5.74, 6) is -0.249. The van der Waals surface area contributed by atoms with Crippen LogP contribution in [0.3, 0.4) is 0 Å². The summed E-state index contributed by atoms with van der Waals surface area (Å²) in [4.78, 5) is 11.3. The molecule has 0 atom stereocenters. The smallest absolute Gasteiger partial charge is 0.333 e. The molecule has 0 aromatic carbocycles. The summed E-state index contributed by atoms with van der Waals surface area (Å²) in [6, 6.07) is 0. The van der Waals surface area contributed by atoms with Crippen LogP contribution in [0, 0.1) is 0 Å². The monoisotopic (exact) mass is 256 g/mol. The Morgan fingerprint density at radius 3 is 2.33 bits per heavy atom. The molecule has 0 unspecified atom stereocenters. The van der Waals surface area contributed by atoms with Crippen LogP contribution >= 0.6 is 0 Å². The maximum absolute atomic E-state index is 11.3. The number of hydrogen-bond acceptors (Lipinski definition) is 3. The van der Waals surface area contributed by atoms with Crippen molar-refractivity contribution in [2.45, 2.75) is 59.3 Å². The fourth-order valence-electron chi connectivity index (χ4n) is 1.51. The number of carbonyl (C=O) groups is 1. The van der Waals surface area contributed by atoms with Gasteiger partial charge in [0.15, 0.2) is 0 Å². The van der Waals surface area contributed by atoms with E-state index in [-0.39, 0.29) is 5.97 Å². The van der Waals surface area contributed by atoms with Gasteiger partial charge in [-0.25, -0.2) is 4.79 Å². The van der Waals surface area contributed by atoms with Crippen molar-refractivity contribution in [1.82, 2.24) is 0 Å². The first-order chi connectivity index (χ1) is 8.72. The zero-order valence-corrected chi connectivity index (χ0v) is 12.2. The molecule has 0 aliphatic heterocycles. The maximum atomic E-state index is 11.3. The van der Waals surface area contributed by atoms with E-state index in [1.165, 1.54) is 32.1 Å². The molecule has 18 heavy (non-hydrogen) atoms. The van der Waals surface area contributed by atoms with Crippen LogP contribution in [0.2, 0.25) is 0 Å². The number of ether oxygens (including phenoxy) is 2. The van der Waals surface area contributed by atoms with Crippen LogP contribution in [0.5, 0.6) is 0 Å². The fraction of sp³-hybridized carbons (Fsp3) is 0.800. The molecule has 0 aromatic rings. The molecule has 3 heteroatoms. The molecule has 0 saturated carbocycles. The molecule has 0 aromatic heterocycles. The van der Waals surface area contributed by atoms with E-state index in [2.05, 4.69) is 6.92 Å². The van der Waals surface area contributed by atoms with Crippen molar-refractivity contribution < 1.29 is 14.3 Å². The van der Waals surface area contributed by atoms with Gasteiger partial charge in [-0.1, -0.05) is 45.1 Å². The van der Waals surface area contributed by atoms with E-state index in [1.54, 1.807) is 13.0 Å². The van der Waals surface area contributed by atoms with Gasteiger partial charge in [0.25, 0.3) is 0 Å². The van der Waals surface area contributed by atoms with Crippen LogP contribution in [-0.4, -0.2) is 25.8 Å².